The van der Waals surface area contributed by atoms with Gasteiger partial charge in [0.2, 0.25) is 5.91 Å². The molecule has 0 aromatic heterocycles. The van der Waals surface area contributed by atoms with Gasteiger partial charge in [-0.25, -0.2) is 8.42 Å². The molecule has 1 heterocycles. The Balaban J connectivity index is 1.77. The van der Waals surface area contributed by atoms with Crippen LogP contribution in [0.1, 0.15) is 19.3 Å². The van der Waals surface area contributed by atoms with Crippen molar-refractivity contribution in [2.24, 2.45) is 0 Å². The van der Waals surface area contributed by atoms with Crippen LogP contribution in [-0.2, 0) is 14.8 Å². The molecule has 2 rings (SSSR count). The normalized spacial score (nSPS) is 16.2. The van der Waals surface area contributed by atoms with Crippen molar-refractivity contribution in [3.63, 3.8) is 0 Å². The molecule has 0 atom stereocenters. The summed E-state index contributed by atoms with van der Waals surface area (Å²) < 4.78 is 23.7. The van der Waals surface area contributed by atoms with Gasteiger partial charge < -0.3 is 4.90 Å². The van der Waals surface area contributed by atoms with Crippen molar-refractivity contribution < 1.29 is 13.2 Å². The molecule has 0 radical (unpaired) electrons. The van der Waals surface area contributed by atoms with Crippen molar-refractivity contribution in [1.82, 2.24) is 15.2 Å². The maximum Gasteiger partial charge on any atom is 0.257 e. The number of carbonyl (C=O) groups excluding carboxylic acids is 1. The van der Waals surface area contributed by atoms with Crippen molar-refractivity contribution in [2.75, 3.05) is 19.6 Å². The van der Waals surface area contributed by atoms with Gasteiger partial charge in [0, 0.05) is 13.0 Å². The Bertz CT molecular complexity index is 539. The van der Waals surface area contributed by atoms with Crippen LogP contribution in [0.3, 0.4) is 0 Å². The molecule has 6 nitrogen and oxygen atoms in total. The standard InChI is InChI=1S/C13H19N3O3S/c17-13(8-11-16-9-4-5-10-16)14-15-20(18,19)12-6-2-1-3-7-12/h1-3,6-7,15H,4-5,8-11H2,(H,14,17). The minimum Gasteiger partial charge on any atom is -0.303 e. The molecular weight excluding hydrogens is 278 g/mol. The van der Waals surface area contributed by atoms with Crippen LogP contribution in [-0.4, -0.2) is 38.9 Å². The van der Waals surface area contributed by atoms with Crippen molar-refractivity contribution >= 4 is 15.9 Å². The number of hydrogen-bond donors (Lipinski definition) is 2. The zero-order chi connectivity index (χ0) is 14.4. The average Bonchev–Trinajstić information content (AvgIpc) is 2.97. The SMILES string of the molecule is O=C(CCN1CCCC1)NNS(=O)(=O)c1ccccc1. The topological polar surface area (TPSA) is 78.5 Å². The number of nitrogens with one attached hydrogen (secondary N) is 2. The highest BCUT2D eigenvalue weighted by molar-refractivity contribution is 7.89. The van der Waals surface area contributed by atoms with E-state index >= 15 is 0 Å². The fourth-order valence-electron chi connectivity index (χ4n) is 2.11. The Morgan fingerprint density at radius 1 is 1.15 bits per heavy atom. The highest BCUT2D eigenvalue weighted by Gasteiger charge is 2.16. The van der Waals surface area contributed by atoms with Crippen LogP contribution in [0.2, 0.25) is 0 Å². The smallest absolute Gasteiger partial charge is 0.257 e. The Hall–Kier alpha value is -1.44. The number of amides is 1. The number of likely N-dealkylation sites (tertiary alicyclic amines) is 1. The fourth-order valence-corrected chi connectivity index (χ4v) is 2.99. The third kappa shape index (κ3) is 4.29. The van der Waals surface area contributed by atoms with Crippen LogP contribution in [0.5, 0.6) is 0 Å². The number of hydrazine groups is 1. The number of benzene rings is 1. The Morgan fingerprint density at radius 2 is 1.80 bits per heavy atom. The van der Waals surface area contributed by atoms with Crippen LogP contribution in [0.4, 0.5) is 0 Å². The summed E-state index contributed by atoms with van der Waals surface area (Å²) in [6.45, 7) is 2.70. The number of carbonyl (C=O) groups is 1. The quantitative estimate of drug-likeness (QED) is 0.749. The predicted molar refractivity (Wildman–Crippen MR) is 75.2 cm³/mol. The highest BCUT2D eigenvalue weighted by Crippen LogP contribution is 2.08. The largest absolute Gasteiger partial charge is 0.303 e. The summed E-state index contributed by atoms with van der Waals surface area (Å²) in [5.41, 5.74) is 2.24. The van der Waals surface area contributed by atoms with Gasteiger partial charge in [0.05, 0.1) is 4.90 Å². The molecule has 0 aliphatic carbocycles. The van der Waals surface area contributed by atoms with Crippen molar-refractivity contribution in [2.45, 2.75) is 24.2 Å². The van der Waals surface area contributed by atoms with E-state index in [1.54, 1.807) is 18.2 Å². The summed E-state index contributed by atoms with van der Waals surface area (Å²) in [5, 5.41) is 0. The first-order valence-electron chi connectivity index (χ1n) is 6.66. The van der Waals surface area contributed by atoms with Gasteiger partial charge in [-0.2, -0.15) is 0 Å². The molecule has 1 aromatic carbocycles. The third-order valence-electron chi connectivity index (χ3n) is 3.23. The zero-order valence-corrected chi connectivity index (χ0v) is 12.0. The van der Waals surface area contributed by atoms with E-state index in [0.29, 0.717) is 6.54 Å². The number of nitrogens with zero attached hydrogens (tertiary/aromatic N) is 1. The second kappa shape index (κ2) is 6.83. The molecule has 2 N–H and O–H groups in total. The maximum atomic E-state index is 11.9. The van der Waals surface area contributed by atoms with Crippen LogP contribution in [0, 0.1) is 0 Å². The summed E-state index contributed by atoms with van der Waals surface area (Å²) in [6.07, 6.45) is 2.63. The molecule has 0 spiro atoms. The van der Waals surface area contributed by atoms with Gasteiger partial charge in [-0.3, -0.25) is 10.2 Å². The van der Waals surface area contributed by atoms with E-state index in [0.717, 1.165) is 13.1 Å². The van der Waals surface area contributed by atoms with Gasteiger partial charge >= 0.3 is 0 Å². The Kier molecular flexibility index (Phi) is 5.11. The van der Waals surface area contributed by atoms with Crippen molar-refractivity contribution in [3.05, 3.63) is 30.3 Å². The molecular formula is C13H19N3O3S. The predicted octanol–water partition coefficient (Wildman–Crippen LogP) is 0.482. The van der Waals surface area contributed by atoms with Gasteiger partial charge in [-0.15, -0.1) is 4.83 Å². The van der Waals surface area contributed by atoms with E-state index < -0.39 is 10.0 Å². The minimum absolute atomic E-state index is 0.125. The van der Waals surface area contributed by atoms with E-state index in [4.69, 9.17) is 0 Å². The van der Waals surface area contributed by atoms with Gasteiger partial charge in [-0.1, -0.05) is 18.2 Å². The van der Waals surface area contributed by atoms with Gasteiger partial charge in [-0.05, 0) is 38.1 Å². The number of rotatable bonds is 6. The monoisotopic (exact) mass is 297 g/mol. The fraction of sp³-hybridized carbons (Fsp3) is 0.462. The molecule has 7 heteroatoms. The van der Waals surface area contributed by atoms with E-state index in [2.05, 4.69) is 15.2 Å². The van der Waals surface area contributed by atoms with Gasteiger partial charge in [0.1, 0.15) is 0 Å². The lowest BCUT2D eigenvalue weighted by molar-refractivity contribution is -0.121. The zero-order valence-electron chi connectivity index (χ0n) is 11.2. The summed E-state index contributed by atoms with van der Waals surface area (Å²) in [4.78, 5) is 16.0. The maximum absolute atomic E-state index is 11.9. The van der Waals surface area contributed by atoms with E-state index in [1.165, 1.54) is 25.0 Å². The van der Waals surface area contributed by atoms with Crippen LogP contribution >= 0.6 is 0 Å². The lowest BCUT2D eigenvalue weighted by Crippen LogP contribution is -2.42. The van der Waals surface area contributed by atoms with Crippen molar-refractivity contribution in [1.29, 1.82) is 0 Å². The first kappa shape index (κ1) is 15.0. The summed E-state index contributed by atoms with van der Waals surface area (Å²) >= 11 is 0. The summed E-state index contributed by atoms with van der Waals surface area (Å²) in [5.74, 6) is -0.323. The van der Waals surface area contributed by atoms with E-state index in [-0.39, 0.29) is 17.2 Å². The highest BCUT2D eigenvalue weighted by atomic mass is 32.2. The molecule has 20 heavy (non-hydrogen) atoms. The van der Waals surface area contributed by atoms with E-state index in [1.807, 2.05) is 0 Å². The average molecular weight is 297 g/mol. The molecule has 0 bridgehead atoms. The molecule has 0 saturated carbocycles. The first-order chi connectivity index (χ1) is 9.58. The molecule has 1 aliphatic rings. The summed E-state index contributed by atoms with van der Waals surface area (Å²) in [6, 6.07) is 7.93. The molecule has 0 unspecified atom stereocenters. The molecule has 110 valence electrons. The van der Waals surface area contributed by atoms with Gasteiger partial charge in [0.25, 0.3) is 10.0 Å². The second-order valence-corrected chi connectivity index (χ2v) is 6.45. The molecule has 1 saturated heterocycles. The molecule has 1 aliphatic heterocycles. The minimum atomic E-state index is -3.69. The molecule has 1 amide bonds. The second-order valence-electron chi connectivity index (χ2n) is 4.77. The van der Waals surface area contributed by atoms with Crippen molar-refractivity contribution in [3.8, 4) is 0 Å². The van der Waals surface area contributed by atoms with Gasteiger partial charge in [0.15, 0.2) is 0 Å². The number of hydrogen-bond acceptors (Lipinski definition) is 4. The Labute approximate surface area is 119 Å². The van der Waals surface area contributed by atoms with Crippen LogP contribution in [0.25, 0.3) is 0 Å². The first-order valence-corrected chi connectivity index (χ1v) is 8.14. The van der Waals surface area contributed by atoms with Crippen LogP contribution < -0.4 is 10.3 Å². The van der Waals surface area contributed by atoms with Crippen LogP contribution in [0.15, 0.2) is 35.2 Å². The third-order valence-corrected chi connectivity index (χ3v) is 4.50. The van der Waals surface area contributed by atoms with E-state index in [9.17, 15) is 13.2 Å². The Morgan fingerprint density at radius 3 is 2.45 bits per heavy atom. The molecule has 1 fully saturated rings. The lowest BCUT2D eigenvalue weighted by atomic mass is 10.4. The molecule has 1 aromatic rings. The summed E-state index contributed by atoms with van der Waals surface area (Å²) in [7, 11) is -3.69. The number of sulfonamides is 1. The lowest BCUT2D eigenvalue weighted by Gasteiger charge is -2.14.